The molecule has 3 nitrogen and oxygen atoms in total. The second-order valence-corrected chi connectivity index (χ2v) is 5.79. The predicted molar refractivity (Wildman–Crippen MR) is 77.5 cm³/mol. The van der Waals surface area contributed by atoms with Gasteiger partial charge in [-0.25, -0.2) is 0 Å². The number of nitrogens with two attached hydrogens (primary N) is 1. The van der Waals surface area contributed by atoms with Crippen LogP contribution in [0.15, 0.2) is 22.7 Å². The minimum Gasteiger partial charge on any atom is -0.398 e. The summed E-state index contributed by atoms with van der Waals surface area (Å²) in [4.78, 5) is 11.9. The summed E-state index contributed by atoms with van der Waals surface area (Å²) in [6.45, 7) is 0.763. The molecular weight excluding hydrogens is 292 g/mol. The molecule has 18 heavy (non-hydrogen) atoms. The lowest BCUT2D eigenvalue weighted by molar-refractivity contribution is 0.0951. The van der Waals surface area contributed by atoms with Crippen LogP contribution in [-0.2, 0) is 0 Å². The Balaban J connectivity index is 1.81. The SMILES string of the molecule is Nc1cc(C(=O)NCCC2CCCC2)ccc1Br. The first kappa shape index (κ1) is 13.4. The van der Waals surface area contributed by atoms with Crippen LogP contribution in [0.25, 0.3) is 0 Å². The van der Waals surface area contributed by atoms with Crippen molar-refractivity contribution in [1.82, 2.24) is 5.32 Å². The average molecular weight is 311 g/mol. The number of amides is 1. The van der Waals surface area contributed by atoms with Crippen molar-refractivity contribution in [2.45, 2.75) is 32.1 Å². The van der Waals surface area contributed by atoms with E-state index in [0.717, 1.165) is 23.4 Å². The molecule has 1 amide bonds. The molecular formula is C14H19BrN2O. The molecule has 98 valence electrons. The van der Waals surface area contributed by atoms with Crippen LogP contribution in [-0.4, -0.2) is 12.5 Å². The van der Waals surface area contributed by atoms with Gasteiger partial charge in [0.2, 0.25) is 0 Å². The van der Waals surface area contributed by atoms with E-state index in [9.17, 15) is 4.79 Å². The molecule has 1 saturated carbocycles. The van der Waals surface area contributed by atoms with Crippen molar-refractivity contribution in [1.29, 1.82) is 0 Å². The highest BCUT2D eigenvalue weighted by Crippen LogP contribution is 2.27. The van der Waals surface area contributed by atoms with Gasteiger partial charge in [-0.2, -0.15) is 0 Å². The van der Waals surface area contributed by atoms with Crippen LogP contribution >= 0.6 is 15.9 Å². The molecule has 0 saturated heterocycles. The molecule has 1 fully saturated rings. The van der Waals surface area contributed by atoms with Gasteiger partial charge in [-0.05, 0) is 46.5 Å². The van der Waals surface area contributed by atoms with E-state index in [1.54, 1.807) is 18.2 Å². The van der Waals surface area contributed by atoms with Gasteiger partial charge < -0.3 is 11.1 Å². The largest absolute Gasteiger partial charge is 0.398 e. The summed E-state index contributed by atoms with van der Waals surface area (Å²) >= 11 is 3.32. The van der Waals surface area contributed by atoms with E-state index in [-0.39, 0.29) is 5.91 Å². The van der Waals surface area contributed by atoms with Crippen molar-refractivity contribution < 1.29 is 4.79 Å². The summed E-state index contributed by atoms with van der Waals surface area (Å²) < 4.78 is 0.824. The van der Waals surface area contributed by atoms with Crippen molar-refractivity contribution in [3.05, 3.63) is 28.2 Å². The molecule has 1 aromatic rings. The zero-order valence-corrected chi connectivity index (χ0v) is 12.0. The molecule has 0 bridgehead atoms. The van der Waals surface area contributed by atoms with Gasteiger partial charge in [-0.15, -0.1) is 0 Å². The van der Waals surface area contributed by atoms with Crippen molar-refractivity contribution in [2.75, 3.05) is 12.3 Å². The van der Waals surface area contributed by atoms with Crippen molar-refractivity contribution in [2.24, 2.45) is 5.92 Å². The van der Waals surface area contributed by atoms with Crippen LogP contribution in [0.5, 0.6) is 0 Å². The fourth-order valence-corrected chi connectivity index (χ4v) is 2.72. The number of carbonyl (C=O) groups is 1. The highest BCUT2D eigenvalue weighted by atomic mass is 79.9. The van der Waals surface area contributed by atoms with Crippen LogP contribution in [0.1, 0.15) is 42.5 Å². The molecule has 3 N–H and O–H groups in total. The maximum atomic E-state index is 11.9. The lowest BCUT2D eigenvalue weighted by Gasteiger charge is -2.10. The molecule has 4 heteroatoms. The van der Waals surface area contributed by atoms with Gasteiger partial charge in [0.05, 0.1) is 0 Å². The minimum atomic E-state index is -0.0350. The summed E-state index contributed by atoms with van der Waals surface area (Å²) in [6, 6.07) is 5.29. The smallest absolute Gasteiger partial charge is 0.251 e. The molecule has 0 aliphatic heterocycles. The summed E-state index contributed by atoms with van der Waals surface area (Å²) in [6.07, 6.45) is 6.43. The Morgan fingerprint density at radius 1 is 1.39 bits per heavy atom. The third-order valence-corrected chi connectivity index (χ3v) is 4.29. The number of rotatable bonds is 4. The maximum Gasteiger partial charge on any atom is 0.251 e. The Kier molecular flexibility index (Phi) is 4.64. The Hall–Kier alpha value is -1.03. The fourth-order valence-electron chi connectivity index (χ4n) is 2.48. The van der Waals surface area contributed by atoms with Crippen LogP contribution in [0, 0.1) is 5.92 Å². The van der Waals surface area contributed by atoms with Gasteiger partial charge in [-0.3, -0.25) is 4.79 Å². The topological polar surface area (TPSA) is 55.1 Å². The van der Waals surface area contributed by atoms with Crippen molar-refractivity contribution in [3.8, 4) is 0 Å². The number of halogens is 1. The molecule has 0 unspecified atom stereocenters. The van der Waals surface area contributed by atoms with Crippen LogP contribution in [0.3, 0.4) is 0 Å². The maximum absolute atomic E-state index is 11.9. The molecule has 0 heterocycles. The molecule has 0 spiro atoms. The van der Waals surface area contributed by atoms with E-state index in [1.807, 2.05) is 0 Å². The fraction of sp³-hybridized carbons (Fsp3) is 0.500. The Morgan fingerprint density at radius 3 is 2.78 bits per heavy atom. The molecule has 1 aromatic carbocycles. The number of benzene rings is 1. The monoisotopic (exact) mass is 310 g/mol. The third-order valence-electron chi connectivity index (χ3n) is 3.57. The number of hydrogen-bond donors (Lipinski definition) is 2. The number of nitrogen functional groups attached to an aromatic ring is 1. The van der Waals surface area contributed by atoms with Gasteiger partial charge in [0.15, 0.2) is 0 Å². The van der Waals surface area contributed by atoms with Gasteiger partial charge in [-0.1, -0.05) is 25.7 Å². The number of anilines is 1. The molecule has 2 rings (SSSR count). The number of carbonyl (C=O) groups excluding carboxylic acids is 1. The van der Waals surface area contributed by atoms with E-state index in [2.05, 4.69) is 21.2 Å². The second-order valence-electron chi connectivity index (χ2n) is 4.93. The first-order chi connectivity index (χ1) is 8.66. The molecule has 1 aliphatic rings. The van der Waals surface area contributed by atoms with E-state index in [0.29, 0.717) is 11.3 Å². The van der Waals surface area contributed by atoms with Gasteiger partial charge in [0, 0.05) is 22.3 Å². The Morgan fingerprint density at radius 2 is 2.11 bits per heavy atom. The van der Waals surface area contributed by atoms with Crippen LogP contribution < -0.4 is 11.1 Å². The normalized spacial score (nSPS) is 15.8. The lowest BCUT2D eigenvalue weighted by Crippen LogP contribution is -2.25. The van der Waals surface area contributed by atoms with E-state index < -0.39 is 0 Å². The van der Waals surface area contributed by atoms with E-state index in [1.165, 1.54) is 25.7 Å². The number of nitrogens with one attached hydrogen (secondary N) is 1. The first-order valence-electron chi connectivity index (χ1n) is 6.50. The van der Waals surface area contributed by atoms with E-state index in [4.69, 9.17) is 5.73 Å². The van der Waals surface area contributed by atoms with E-state index >= 15 is 0 Å². The Bertz CT molecular complexity index is 428. The lowest BCUT2D eigenvalue weighted by atomic mass is 10.0. The second kappa shape index (κ2) is 6.23. The minimum absolute atomic E-state index is 0.0350. The molecule has 0 aromatic heterocycles. The van der Waals surface area contributed by atoms with Crippen LogP contribution in [0.4, 0.5) is 5.69 Å². The highest BCUT2D eigenvalue weighted by molar-refractivity contribution is 9.10. The van der Waals surface area contributed by atoms with Gasteiger partial charge in [0.1, 0.15) is 0 Å². The van der Waals surface area contributed by atoms with Crippen molar-refractivity contribution in [3.63, 3.8) is 0 Å². The third kappa shape index (κ3) is 3.48. The highest BCUT2D eigenvalue weighted by Gasteiger charge is 2.15. The molecule has 0 radical (unpaired) electrons. The number of hydrogen-bond acceptors (Lipinski definition) is 2. The van der Waals surface area contributed by atoms with Gasteiger partial charge in [0.25, 0.3) is 5.91 Å². The summed E-state index contributed by atoms with van der Waals surface area (Å²) in [7, 11) is 0. The summed E-state index contributed by atoms with van der Waals surface area (Å²) in [5, 5.41) is 2.96. The summed E-state index contributed by atoms with van der Waals surface area (Å²) in [5.74, 6) is 0.771. The predicted octanol–water partition coefficient (Wildman–Crippen LogP) is 3.34. The van der Waals surface area contributed by atoms with Crippen molar-refractivity contribution >= 4 is 27.5 Å². The zero-order valence-electron chi connectivity index (χ0n) is 10.4. The standard InChI is InChI=1S/C14H19BrN2O/c15-12-6-5-11(9-13(12)16)14(18)17-8-7-10-3-1-2-4-10/h5-6,9-10H,1-4,7-8,16H2,(H,17,18). The van der Waals surface area contributed by atoms with Crippen LogP contribution in [0.2, 0.25) is 0 Å². The Labute approximate surface area is 116 Å². The summed E-state index contributed by atoms with van der Waals surface area (Å²) in [5.41, 5.74) is 6.98. The average Bonchev–Trinajstić information content (AvgIpc) is 2.85. The zero-order chi connectivity index (χ0) is 13.0. The molecule has 1 aliphatic carbocycles. The van der Waals surface area contributed by atoms with Gasteiger partial charge >= 0.3 is 0 Å². The first-order valence-corrected chi connectivity index (χ1v) is 7.29. The molecule has 0 atom stereocenters. The quantitative estimate of drug-likeness (QED) is 0.838.